The molecule has 0 atom stereocenters. The normalized spacial score (nSPS) is 11.2. The van der Waals surface area contributed by atoms with Gasteiger partial charge < -0.3 is 4.74 Å². The lowest BCUT2D eigenvalue weighted by molar-refractivity contribution is -0.385. The number of rotatable bonds is 6. The number of fused-ring (bicyclic) bond motifs is 1. The van der Waals surface area contributed by atoms with E-state index in [1.54, 1.807) is 42.6 Å². The van der Waals surface area contributed by atoms with E-state index in [4.69, 9.17) is 4.74 Å². The van der Waals surface area contributed by atoms with Crippen molar-refractivity contribution >= 4 is 38.7 Å². The molecule has 0 aliphatic rings. The molecule has 0 spiro atoms. The van der Waals surface area contributed by atoms with Gasteiger partial charge in [-0.25, -0.2) is 9.97 Å². The third-order valence-electron chi connectivity index (χ3n) is 4.55. The number of halogens is 1. The average molecular weight is 494 g/mol. The maximum atomic E-state index is 12.9. The van der Waals surface area contributed by atoms with E-state index in [1.165, 1.54) is 16.8 Å². The van der Waals surface area contributed by atoms with Gasteiger partial charge in [0.15, 0.2) is 0 Å². The molecule has 0 bridgehead atoms. The summed E-state index contributed by atoms with van der Waals surface area (Å²) in [7, 11) is 0. The van der Waals surface area contributed by atoms with E-state index in [0.717, 1.165) is 16.2 Å². The van der Waals surface area contributed by atoms with E-state index in [-0.39, 0.29) is 17.1 Å². The van der Waals surface area contributed by atoms with Crippen LogP contribution in [-0.2, 0) is 6.42 Å². The fraction of sp³-hybridized carbons (Fsp3) is 0.0909. The summed E-state index contributed by atoms with van der Waals surface area (Å²) >= 11 is 3.38. The first kappa shape index (κ1) is 21.3. The predicted octanol–water partition coefficient (Wildman–Crippen LogP) is 4.70. The molecule has 2 heterocycles. The Kier molecular flexibility index (Phi) is 6.04. The molecule has 0 saturated carbocycles. The van der Waals surface area contributed by atoms with Gasteiger partial charge in [-0.1, -0.05) is 22.9 Å². The Labute approximate surface area is 190 Å². The molecule has 4 rings (SSSR count). The van der Waals surface area contributed by atoms with E-state index >= 15 is 0 Å². The first-order chi connectivity index (χ1) is 15.4. The molecular formula is C22H16BrN5O4. The van der Waals surface area contributed by atoms with Crippen LogP contribution in [0.4, 0.5) is 5.69 Å². The Morgan fingerprint density at radius 2 is 1.97 bits per heavy atom. The molecule has 9 nitrogen and oxygen atoms in total. The lowest BCUT2D eigenvalue weighted by Crippen LogP contribution is -2.22. The van der Waals surface area contributed by atoms with Gasteiger partial charge in [0.1, 0.15) is 17.8 Å². The van der Waals surface area contributed by atoms with E-state index in [9.17, 15) is 14.9 Å². The second-order valence-corrected chi connectivity index (χ2v) is 7.60. The highest BCUT2D eigenvalue weighted by molar-refractivity contribution is 9.10. The topological polar surface area (TPSA) is 113 Å². The summed E-state index contributed by atoms with van der Waals surface area (Å²) in [5.41, 5.74) is 1.02. The molecule has 0 saturated heterocycles. The van der Waals surface area contributed by atoms with Crippen molar-refractivity contribution in [2.75, 3.05) is 0 Å². The molecule has 4 aromatic rings. The van der Waals surface area contributed by atoms with Crippen LogP contribution in [-0.4, -0.2) is 25.8 Å². The summed E-state index contributed by atoms with van der Waals surface area (Å²) < 4.78 is 7.70. The molecule has 0 amide bonds. The monoisotopic (exact) mass is 493 g/mol. The Morgan fingerprint density at radius 1 is 1.19 bits per heavy atom. The molecule has 0 radical (unpaired) electrons. The maximum absolute atomic E-state index is 12.9. The molecule has 0 N–H and O–H groups in total. The van der Waals surface area contributed by atoms with Crippen molar-refractivity contribution in [2.45, 2.75) is 13.3 Å². The number of hydrogen-bond donors (Lipinski definition) is 0. The van der Waals surface area contributed by atoms with Crippen LogP contribution in [0, 0.1) is 10.1 Å². The van der Waals surface area contributed by atoms with Gasteiger partial charge in [-0.15, -0.1) is 0 Å². The Morgan fingerprint density at radius 3 is 2.62 bits per heavy atom. The summed E-state index contributed by atoms with van der Waals surface area (Å²) in [6.07, 6.45) is 3.25. The van der Waals surface area contributed by atoms with Crippen molar-refractivity contribution in [3.8, 4) is 11.6 Å². The Bertz CT molecular complexity index is 1380. The third-order valence-corrected chi connectivity index (χ3v) is 5.04. The van der Waals surface area contributed by atoms with Crippen LogP contribution in [0.5, 0.6) is 11.6 Å². The third kappa shape index (κ3) is 4.54. The molecule has 10 heteroatoms. The van der Waals surface area contributed by atoms with Crippen LogP contribution in [0.1, 0.15) is 18.3 Å². The lowest BCUT2D eigenvalue weighted by Gasteiger charge is -2.08. The number of ether oxygens (including phenoxy) is 1. The molecule has 0 aliphatic carbocycles. The van der Waals surface area contributed by atoms with Gasteiger partial charge in [-0.2, -0.15) is 9.78 Å². The number of nitro groups is 1. The van der Waals surface area contributed by atoms with Crippen LogP contribution in [0.15, 0.2) is 75.2 Å². The largest absolute Gasteiger partial charge is 0.439 e. The minimum atomic E-state index is -0.524. The van der Waals surface area contributed by atoms with Crippen LogP contribution in [0.25, 0.3) is 10.9 Å². The smallest absolute Gasteiger partial charge is 0.287 e. The minimum Gasteiger partial charge on any atom is -0.439 e. The number of hydrogen-bond acceptors (Lipinski definition) is 7. The number of benzene rings is 2. The van der Waals surface area contributed by atoms with Gasteiger partial charge in [-0.3, -0.25) is 14.9 Å². The molecular weight excluding hydrogens is 478 g/mol. The lowest BCUT2D eigenvalue weighted by atomic mass is 10.2. The number of aryl methyl sites for hydroxylation is 1. The van der Waals surface area contributed by atoms with Crippen LogP contribution in [0.3, 0.4) is 0 Å². The van der Waals surface area contributed by atoms with Crippen molar-refractivity contribution in [2.24, 2.45) is 5.10 Å². The molecule has 0 fully saturated rings. The minimum absolute atomic E-state index is 0.110. The fourth-order valence-corrected chi connectivity index (χ4v) is 3.31. The van der Waals surface area contributed by atoms with Crippen LogP contribution < -0.4 is 10.3 Å². The number of aromatic nitrogens is 3. The highest BCUT2D eigenvalue weighted by atomic mass is 79.9. The standard InChI is InChI=1S/C22H16BrN5O4/c1-2-20-26-19-9-5-15(23)11-18(19)22(29)27(20)25-12-14-3-7-17(8-4-14)32-21-10-6-16(13-24-21)28(30)31/h3-13H,2H2,1H3. The Hall–Kier alpha value is -3.92. The maximum Gasteiger partial charge on any atom is 0.287 e. The average Bonchev–Trinajstić information content (AvgIpc) is 2.80. The Balaban J connectivity index is 1.56. The quantitative estimate of drug-likeness (QED) is 0.218. The van der Waals surface area contributed by atoms with Crippen LogP contribution in [0.2, 0.25) is 0 Å². The second kappa shape index (κ2) is 9.06. The first-order valence-electron chi connectivity index (χ1n) is 9.58. The highest BCUT2D eigenvalue weighted by Gasteiger charge is 2.10. The van der Waals surface area contributed by atoms with E-state index in [0.29, 0.717) is 28.9 Å². The second-order valence-electron chi connectivity index (χ2n) is 6.69. The fourth-order valence-electron chi connectivity index (χ4n) is 2.95. The van der Waals surface area contributed by atoms with Crippen molar-refractivity contribution in [3.05, 3.63) is 97.1 Å². The van der Waals surface area contributed by atoms with Crippen LogP contribution >= 0.6 is 15.9 Å². The SMILES string of the molecule is CCc1nc2ccc(Br)cc2c(=O)n1N=Cc1ccc(Oc2ccc([N+](=O)[O-])cn2)cc1. The van der Waals surface area contributed by atoms with Crippen molar-refractivity contribution in [1.82, 2.24) is 14.6 Å². The van der Waals surface area contributed by atoms with Gasteiger partial charge in [0.05, 0.1) is 22.0 Å². The molecule has 2 aromatic heterocycles. The zero-order chi connectivity index (χ0) is 22.7. The van der Waals surface area contributed by atoms with Crippen molar-refractivity contribution in [1.29, 1.82) is 0 Å². The predicted molar refractivity (Wildman–Crippen MR) is 123 cm³/mol. The summed E-state index contributed by atoms with van der Waals surface area (Å²) in [5, 5.41) is 15.5. The number of pyridine rings is 1. The van der Waals surface area contributed by atoms with Crippen molar-refractivity contribution in [3.63, 3.8) is 0 Å². The number of nitrogens with zero attached hydrogens (tertiary/aromatic N) is 5. The molecule has 0 unspecified atom stereocenters. The van der Waals surface area contributed by atoms with E-state index in [1.807, 2.05) is 13.0 Å². The van der Waals surface area contributed by atoms with Gasteiger partial charge >= 0.3 is 0 Å². The molecule has 32 heavy (non-hydrogen) atoms. The molecule has 0 aliphatic heterocycles. The van der Waals surface area contributed by atoms with Crippen molar-refractivity contribution < 1.29 is 9.66 Å². The highest BCUT2D eigenvalue weighted by Crippen LogP contribution is 2.21. The summed E-state index contributed by atoms with van der Waals surface area (Å²) in [6.45, 7) is 1.91. The molecule has 160 valence electrons. The summed E-state index contributed by atoms with van der Waals surface area (Å²) in [4.78, 5) is 31.6. The van der Waals surface area contributed by atoms with Gasteiger partial charge in [0.25, 0.3) is 11.2 Å². The summed E-state index contributed by atoms with van der Waals surface area (Å²) in [6, 6.07) is 15.1. The van der Waals surface area contributed by atoms with Gasteiger partial charge in [0, 0.05) is 23.0 Å². The van der Waals surface area contributed by atoms with Gasteiger partial charge in [-0.05, 0) is 48.0 Å². The molecule has 2 aromatic carbocycles. The summed E-state index contributed by atoms with van der Waals surface area (Å²) in [5.74, 6) is 1.31. The van der Waals surface area contributed by atoms with E-state index < -0.39 is 4.92 Å². The zero-order valence-electron chi connectivity index (χ0n) is 16.8. The van der Waals surface area contributed by atoms with E-state index in [2.05, 4.69) is 31.0 Å². The first-order valence-corrected chi connectivity index (χ1v) is 10.4. The zero-order valence-corrected chi connectivity index (χ0v) is 18.4. The van der Waals surface area contributed by atoms with Gasteiger partial charge in [0.2, 0.25) is 5.88 Å².